The van der Waals surface area contributed by atoms with E-state index in [9.17, 15) is 0 Å². The van der Waals surface area contributed by atoms with Gasteiger partial charge in [0.25, 0.3) is 0 Å². The Morgan fingerprint density at radius 3 is 1.82 bits per heavy atom. The van der Waals surface area contributed by atoms with Gasteiger partial charge in [-0.1, -0.05) is 0 Å². The molecule has 0 aliphatic carbocycles. The van der Waals surface area contributed by atoms with Gasteiger partial charge in [0.05, 0.1) is 0 Å². The molecule has 66 valence electrons. The standard InChI is InChI=1S/C6H14O2.C2H2O/c1-4-7-6(3)8-5-2;1-2-3/h6H,4-5H2,1-3H3;1H2. The van der Waals surface area contributed by atoms with E-state index in [1.165, 1.54) is 5.94 Å². The molecule has 0 aliphatic heterocycles. The molecule has 11 heavy (non-hydrogen) atoms. The summed E-state index contributed by atoms with van der Waals surface area (Å²) in [6, 6.07) is 0. The van der Waals surface area contributed by atoms with Crippen LogP contribution in [0.15, 0.2) is 6.58 Å². The van der Waals surface area contributed by atoms with E-state index in [-0.39, 0.29) is 6.29 Å². The second kappa shape index (κ2) is 12.1. The lowest BCUT2D eigenvalue weighted by atomic mass is 10.7. The highest BCUT2D eigenvalue weighted by Gasteiger charge is 1.94. The molecule has 0 rings (SSSR count). The molecular weight excluding hydrogens is 144 g/mol. The van der Waals surface area contributed by atoms with Gasteiger partial charge < -0.3 is 9.47 Å². The van der Waals surface area contributed by atoms with Crippen LogP contribution >= 0.6 is 0 Å². The molecule has 0 amide bonds. The van der Waals surface area contributed by atoms with Crippen molar-refractivity contribution in [3.8, 4) is 0 Å². The molecule has 0 N–H and O–H groups in total. The van der Waals surface area contributed by atoms with E-state index < -0.39 is 0 Å². The average molecular weight is 160 g/mol. The molecular formula is C8H16O3. The van der Waals surface area contributed by atoms with Crippen LogP contribution in [-0.4, -0.2) is 25.4 Å². The summed E-state index contributed by atoms with van der Waals surface area (Å²) >= 11 is 0. The minimum Gasteiger partial charge on any atom is -0.353 e. The van der Waals surface area contributed by atoms with Crippen LogP contribution in [0.4, 0.5) is 0 Å². The van der Waals surface area contributed by atoms with Crippen molar-refractivity contribution < 1.29 is 14.3 Å². The average Bonchev–Trinajstić information content (AvgIpc) is 1.90. The Balaban J connectivity index is 0. The number of rotatable bonds is 4. The summed E-state index contributed by atoms with van der Waals surface area (Å²) in [5, 5.41) is 0. The lowest BCUT2D eigenvalue weighted by Gasteiger charge is -2.09. The first kappa shape index (κ1) is 13.0. The largest absolute Gasteiger partial charge is 0.353 e. The van der Waals surface area contributed by atoms with Gasteiger partial charge in [-0.3, -0.25) is 0 Å². The zero-order chi connectivity index (χ0) is 9.11. The van der Waals surface area contributed by atoms with E-state index in [1.54, 1.807) is 0 Å². The van der Waals surface area contributed by atoms with E-state index in [1.807, 2.05) is 20.8 Å². The fourth-order valence-corrected chi connectivity index (χ4v) is 0.518. The minimum absolute atomic E-state index is 0.0370. The normalized spacial score (nSPS) is 8.36. The van der Waals surface area contributed by atoms with Gasteiger partial charge in [-0.15, -0.1) is 0 Å². The van der Waals surface area contributed by atoms with Gasteiger partial charge in [0.1, 0.15) is 5.94 Å². The number of carbonyl (C=O) groups excluding carboxylic acids is 1. The van der Waals surface area contributed by atoms with Crippen molar-refractivity contribution >= 4 is 5.94 Å². The minimum atomic E-state index is -0.0370. The maximum absolute atomic E-state index is 8.57. The quantitative estimate of drug-likeness (QED) is 0.460. The molecule has 0 aromatic heterocycles. The molecule has 0 aliphatic rings. The molecule has 0 saturated heterocycles. The van der Waals surface area contributed by atoms with E-state index in [0.29, 0.717) is 0 Å². The van der Waals surface area contributed by atoms with Crippen molar-refractivity contribution in [3.63, 3.8) is 0 Å². The fraction of sp³-hybridized carbons (Fsp3) is 0.750. The Hall–Kier alpha value is -0.630. The lowest BCUT2D eigenvalue weighted by Crippen LogP contribution is -2.11. The Morgan fingerprint density at radius 2 is 1.64 bits per heavy atom. The molecule has 0 aromatic carbocycles. The second-order valence-corrected chi connectivity index (χ2v) is 1.62. The van der Waals surface area contributed by atoms with Gasteiger partial charge in [0.2, 0.25) is 0 Å². The molecule has 0 bridgehead atoms. The Bertz CT molecular complexity index is 89.5. The van der Waals surface area contributed by atoms with Gasteiger partial charge in [-0.2, -0.15) is 0 Å². The van der Waals surface area contributed by atoms with E-state index in [0.717, 1.165) is 13.2 Å². The van der Waals surface area contributed by atoms with Crippen molar-refractivity contribution in [1.82, 2.24) is 0 Å². The van der Waals surface area contributed by atoms with Crippen molar-refractivity contribution in [1.29, 1.82) is 0 Å². The van der Waals surface area contributed by atoms with Crippen LogP contribution in [0.3, 0.4) is 0 Å². The van der Waals surface area contributed by atoms with Crippen LogP contribution in [0.25, 0.3) is 0 Å². The second-order valence-electron chi connectivity index (χ2n) is 1.62. The Morgan fingerprint density at radius 1 is 1.36 bits per heavy atom. The summed E-state index contributed by atoms with van der Waals surface area (Å²) in [6.45, 7) is 9.93. The molecule has 0 saturated carbocycles. The lowest BCUT2D eigenvalue weighted by molar-refractivity contribution is -0.123. The maximum Gasteiger partial charge on any atom is 0.154 e. The smallest absolute Gasteiger partial charge is 0.154 e. The molecule has 3 heteroatoms. The predicted molar refractivity (Wildman–Crippen MR) is 44.0 cm³/mol. The zero-order valence-electron chi connectivity index (χ0n) is 7.42. The number of ether oxygens (including phenoxy) is 2. The van der Waals surface area contributed by atoms with Crippen LogP contribution in [-0.2, 0) is 14.3 Å². The van der Waals surface area contributed by atoms with Crippen LogP contribution in [0.1, 0.15) is 20.8 Å². The van der Waals surface area contributed by atoms with Crippen molar-refractivity contribution in [3.05, 3.63) is 6.58 Å². The van der Waals surface area contributed by atoms with Crippen LogP contribution < -0.4 is 0 Å². The molecule has 0 heterocycles. The monoisotopic (exact) mass is 160 g/mol. The molecule has 0 spiro atoms. The van der Waals surface area contributed by atoms with Crippen molar-refractivity contribution in [2.24, 2.45) is 0 Å². The highest BCUT2D eigenvalue weighted by atomic mass is 16.7. The molecule has 0 radical (unpaired) electrons. The highest BCUT2D eigenvalue weighted by Crippen LogP contribution is 1.90. The number of hydrogen-bond donors (Lipinski definition) is 0. The first-order chi connectivity index (χ1) is 5.22. The first-order valence-electron chi connectivity index (χ1n) is 3.60. The number of hydrogen-bond acceptors (Lipinski definition) is 3. The topological polar surface area (TPSA) is 35.5 Å². The SMILES string of the molecule is C=C=O.CCOC(C)OCC. The van der Waals surface area contributed by atoms with Crippen LogP contribution in [0.5, 0.6) is 0 Å². The summed E-state index contributed by atoms with van der Waals surface area (Å²) in [4.78, 5) is 8.57. The summed E-state index contributed by atoms with van der Waals surface area (Å²) in [5.74, 6) is 1.25. The van der Waals surface area contributed by atoms with Gasteiger partial charge >= 0.3 is 0 Å². The third kappa shape index (κ3) is 17.6. The Labute approximate surface area is 68.0 Å². The summed E-state index contributed by atoms with van der Waals surface area (Å²) in [5.41, 5.74) is 0. The van der Waals surface area contributed by atoms with Crippen molar-refractivity contribution in [2.75, 3.05) is 13.2 Å². The zero-order valence-corrected chi connectivity index (χ0v) is 7.42. The highest BCUT2D eigenvalue weighted by molar-refractivity contribution is 5.38. The molecule has 0 fully saturated rings. The van der Waals surface area contributed by atoms with Gasteiger partial charge in [-0.05, 0) is 27.4 Å². The van der Waals surface area contributed by atoms with E-state index >= 15 is 0 Å². The fourth-order valence-electron chi connectivity index (χ4n) is 0.518. The van der Waals surface area contributed by atoms with Gasteiger partial charge in [-0.25, -0.2) is 4.79 Å². The van der Waals surface area contributed by atoms with E-state index in [4.69, 9.17) is 14.3 Å². The third-order valence-corrected chi connectivity index (χ3v) is 0.803. The van der Waals surface area contributed by atoms with Gasteiger partial charge in [0, 0.05) is 13.2 Å². The van der Waals surface area contributed by atoms with Crippen molar-refractivity contribution in [2.45, 2.75) is 27.1 Å². The molecule has 0 aromatic rings. The third-order valence-electron chi connectivity index (χ3n) is 0.803. The van der Waals surface area contributed by atoms with Gasteiger partial charge in [0.15, 0.2) is 6.29 Å². The van der Waals surface area contributed by atoms with Crippen LogP contribution in [0, 0.1) is 0 Å². The summed E-state index contributed by atoms with van der Waals surface area (Å²) < 4.78 is 10.1. The summed E-state index contributed by atoms with van der Waals surface area (Å²) in [7, 11) is 0. The predicted octanol–water partition coefficient (Wildman–Crippen LogP) is 1.41. The Kier molecular flexibility index (Phi) is 14.3. The maximum atomic E-state index is 8.57. The summed E-state index contributed by atoms with van der Waals surface area (Å²) in [6.07, 6.45) is -0.0370. The molecule has 3 nitrogen and oxygen atoms in total. The molecule has 0 atom stereocenters. The van der Waals surface area contributed by atoms with E-state index in [2.05, 4.69) is 6.58 Å². The molecule has 0 unspecified atom stereocenters. The van der Waals surface area contributed by atoms with Crippen LogP contribution in [0.2, 0.25) is 0 Å². The first-order valence-corrected chi connectivity index (χ1v) is 3.60.